The van der Waals surface area contributed by atoms with Gasteiger partial charge in [0.05, 0.1) is 26.4 Å². The largest absolute Gasteiger partial charge is 0.462 e. The Bertz CT molecular complexity index is 1170. The molecule has 5 heteroatoms. The Hall–Kier alpha value is -3.48. The summed E-state index contributed by atoms with van der Waals surface area (Å²) in [6.07, 6.45) is -1.83. The molecule has 1 heterocycles. The standard InChI is InChI=1S/C32H32O5/c1-5-13-25(14-6-1)21-33-24-29-30(34-22-26-15-7-2-8-16-26)31(35-23-27-17-9-3-10-18-27)32(37-29)36-28-19-11-4-12-20-28/h1-20,29-32H,21-24H2/t29-,30-,31-,32-/m1/s1. The molecule has 0 aromatic heterocycles. The van der Waals surface area contributed by atoms with Gasteiger partial charge in [-0.1, -0.05) is 109 Å². The van der Waals surface area contributed by atoms with E-state index in [1.807, 2.05) is 109 Å². The van der Waals surface area contributed by atoms with Crippen molar-refractivity contribution in [3.63, 3.8) is 0 Å². The van der Waals surface area contributed by atoms with Crippen molar-refractivity contribution in [1.82, 2.24) is 0 Å². The van der Waals surface area contributed by atoms with Crippen molar-refractivity contribution in [3.05, 3.63) is 138 Å². The molecule has 0 bridgehead atoms. The Morgan fingerprint density at radius 3 is 1.51 bits per heavy atom. The van der Waals surface area contributed by atoms with E-state index in [1.165, 1.54) is 0 Å². The summed E-state index contributed by atoms with van der Waals surface area (Å²) in [4.78, 5) is 0. The van der Waals surface area contributed by atoms with E-state index in [9.17, 15) is 0 Å². The molecule has 1 aliphatic rings. The van der Waals surface area contributed by atoms with E-state index in [2.05, 4.69) is 12.1 Å². The Morgan fingerprint density at radius 1 is 0.514 bits per heavy atom. The van der Waals surface area contributed by atoms with Crippen LogP contribution in [0.3, 0.4) is 0 Å². The van der Waals surface area contributed by atoms with Gasteiger partial charge in [0.1, 0.15) is 24.1 Å². The van der Waals surface area contributed by atoms with E-state index in [0.717, 1.165) is 16.7 Å². The lowest BCUT2D eigenvalue weighted by Gasteiger charge is -2.25. The number of para-hydroxylation sites is 1. The number of ether oxygens (including phenoxy) is 5. The minimum atomic E-state index is -0.641. The van der Waals surface area contributed by atoms with Crippen LogP contribution in [0.5, 0.6) is 5.75 Å². The van der Waals surface area contributed by atoms with Crippen LogP contribution >= 0.6 is 0 Å². The van der Waals surface area contributed by atoms with Crippen molar-refractivity contribution in [3.8, 4) is 5.75 Å². The Labute approximate surface area is 218 Å². The van der Waals surface area contributed by atoms with Gasteiger partial charge in [0.25, 0.3) is 0 Å². The second-order valence-electron chi connectivity index (χ2n) is 9.00. The maximum absolute atomic E-state index is 6.46. The molecular weight excluding hydrogens is 464 g/mol. The first-order valence-corrected chi connectivity index (χ1v) is 12.6. The van der Waals surface area contributed by atoms with Gasteiger partial charge in [-0.2, -0.15) is 0 Å². The molecule has 190 valence electrons. The van der Waals surface area contributed by atoms with E-state index in [1.54, 1.807) is 0 Å². The smallest absolute Gasteiger partial charge is 0.229 e. The summed E-state index contributed by atoms with van der Waals surface area (Å²) in [6, 6.07) is 40.0. The lowest BCUT2D eigenvalue weighted by molar-refractivity contribution is -0.138. The maximum atomic E-state index is 6.46. The minimum Gasteiger partial charge on any atom is -0.462 e. The van der Waals surface area contributed by atoms with Crippen molar-refractivity contribution in [2.24, 2.45) is 0 Å². The SMILES string of the molecule is c1ccc(COC[C@H]2O[C@@H](Oc3ccccc3)[C@H](OCc3ccccc3)[C@@H]2OCc2ccccc2)cc1. The zero-order valence-electron chi connectivity index (χ0n) is 20.7. The lowest BCUT2D eigenvalue weighted by Crippen LogP contribution is -2.40. The van der Waals surface area contributed by atoms with Crippen molar-refractivity contribution in [2.45, 2.75) is 44.4 Å². The van der Waals surface area contributed by atoms with Crippen LogP contribution in [-0.2, 0) is 38.8 Å². The molecule has 0 spiro atoms. The monoisotopic (exact) mass is 496 g/mol. The van der Waals surface area contributed by atoms with Crippen LogP contribution < -0.4 is 4.74 Å². The summed E-state index contributed by atoms with van der Waals surface area (Å²) in [7, 11) is 0. The van der Waals surface area contributed by atoms with Gasteiger partial charge in [0.2, 0.25) is 6.29 Å². The fraction of sp³-hybridized carbons (Fsp3) is 0.250. The fourth-order valence-corrected chi connectivity index (χ4v) is 4.33. The average Bonchev–Trinajstić information content (AvgIpc) is 3.28. The molecule has 0 N–H and O–H groups in total. The van der Waals surface area contributed by atoms with E-state index >= 15 is 0 Å². The predicted octanol–water partition coefficient (Wildman–Crippen LogP) is 6.18. The predicted molar refractivity (Wildman–Crippen MR) is 142 cm³/mol. The summed E-state index contributed by atoms with van der Waals surface area (Å²) < 4.78 is 31.7. The van der Waals surface area contributed by atoms with Gasteiger partial charge < -0.3 is 23.7 Å². The van der Waals surface area contributed by atoms with Gasteiger partial charge in [-0.05, 0) is 28.8 Å². The molecular formula is C32H32O5. The lowest BCUT2D eigenvalue weighted by atomic mass is 10.1. The van der Waals surface area contributed by atoms with Crippen molar-refractivity contribution in [1.29, 1.82) is 0 Å². The molecule has 4 aromatic carbocycles. The van der Waals surface area contributed by atoms with E-state index in [4.69, 9.17) is 23.7 Å². The summed E-state index contributed by atoms with van der Waals surface area (Å²) >= 11 is 0. The summed E-state index contributed by atoms with van der Waals surface area (Å²) in [5, 5.41) is 0. The topological polar surface area (TPSA) is 46.2 Å². The molecule has 0 saturated carbocycles. The molecule has 4 atom stereocenters. The number of hydrogen-bond donors (Lipinski definition) is 0. The highest BCUT2D eigenvalue weighted by atomic mass is 16.7. The molecule has 4 aromatic rings. The maximum Gasteiger partial charge on any atom is 0.229 e. The molecule has 5 nitrogen and oxygen atoms in total. The molecule has 1 saturated heterocycles. The fourth-order valence-electron chi connectivity index (χ4n) is 4.33. The summed E-state index contributed by atoms with van der Waals surface area (Å²) in [6.45, 7) is 1.71. The Kier molecular flexibility index (Phi) is 8.97. The number of benzene rings is 4. The molecule has 1 fully saturated rings. The van der Waals surface area contributed by atoms with Gasteiger partial charge in [-0.15, -0.1) is 0 Å². The van der Waals surface area contributed by atoms with Gasteiger partial charge in [0.15, 0.2) is 0 Å². The quantitative estimate of drug-likeness (QED) is 0.234. The zero-order valence-corrected chi connectivity index (χ0v) is 20.7. The molecule has 1 aliphatic heterocycles. The van der Waals surface area contributed by atoms with Crippen LogP contribution in [0.2, 0.25) is 0 Å². The first-order chi connectivity index (χ1) is 18.3. The summed E-state index contributed by atoms with van der Waals surface area (Å²) in [5.41, 5.74) is 3.27. The highest BCUT2D eigenvalue weighted by molar-refractivity contribution is 5.22. The van der Waals surface area contributed by atoms with Gasteiger partial charge in [0, 0.05) is 0 Å². The molecule has 5 rings (SSSR count). The summed E-state index contributed by atoms with van der Waals surface area (Å²) in [5.74, 6) is 0.716. The van der Waals surface area contributed by atoms with Gasteiger partial charge in [-0.25, -0.2) is 0 Å². The average molecular weight is 497 g/mol. The van der Waals surface area contributed by atoms with Gasteiger partial charge >= 0.3 is 0 Å². The zero-order chi connectivity index (χ0) is 25.1. The third kappa shape index (κ3) is 7.28. The first-order valence-electron chi connectivity index (χ1n) is 12.6. The minimum absolute atomic E-state index is 0.355. The molecule has 37 heavy (non-hydrogen) atoms. The van der Waals surface area contributed by atoms with Crippen LogP contribution in [0.15, 0.2) is 121 Å². The molecule has 0 amide bonds. The molecule has 0 unspecified atom stereocenters. The van der Waals surface area contributed by atoms with Crippen LogP contribution in [0, 0.1) is 0 Å². The van der Waals surface area contributed by atoms with E-state index in [0.29, 0.717) is 32.2 Å². The highest BCUT2D eigenvalue weighted by Crippen LogP contribution is 2.31. The Balaban J connectivity index is 1.33. The third-order valence-electron chi connectivity index (χ3n) is 6.23. The molecule has 0 radical (unpaired) electrons. The number of rotatable bonds is 12. The number of hydrogen-bond acceptors (Lipinski definition) is 5. The van der Waals surface area contributed by atoms with Crippen LogP contribution in [0.4, 0.5) is 0 Å². The molecule has 0 aliphatic carbocycles. The van der Waals surface area contributed by atoms with Crippen molar-refractivity contribution in [2.75, 3.05) is 6.61 Å². The third-order valence-corrected chi connectivity index (χ3v) is 6.23. The van der Waals surface area contributed by atoms with E-state index < -0.39 is 12.4 Å². The van der Waals surface area contributed by atoms with Gasteiger partial charge in [-0.3, -0.25) is 0 Å². The van der Waals surface area contributed by atoms with Crippen LogP contribution in [-0.4, -0.2) is 31.2 Å². The van der Waals surface area contributed by atoms with Crippen LogP contribution in [0.1, 0.15) is 16.7 Å². The van der Waals surface area contributed by atoms with Crippen LogP contribution in [0.25, 0.3) is 0 Å². The van der Waals surface area contributed by atoms with Crippen molar-refractivity contribution < 1.29 is 23.7 Å². The second-order valence-corrected chi connectivity index (χ2v) is 9.00. The second kappa shape index (κ2) is 13.2. The first kappa shape index (κ1) is 25.2. The van der Waals surface area contributed by atoms with E-state index in [-0.39, 0.29) is 12.2 Å². The normalized spacial score (nSPS) is 21.1. The van der Waals surface area contributed by atoms with Crippen molar-refractivity contribution >= 4 is 0 Å². The Morgan fingerprint density at radius 2 is 0.973 bits per heavy atom. The highest BCUT2D eigenvalue weighted by Gasteiger charge is 2.48.